The molecular weight excluding hydrogens is 388 g/mol. The fourth-order valence-electron chi connectivity index (χ4n) is 2.86. The Hall–Kier alpha value is -2.51. The van der Waals surface area contributed by atoms with Crippen molar-refractivity contribution in [2.24, 2.45) is 0 Å². The number of rotatable bonds is 8. The summed E-state index contributed by atoms with van der Waals surface area (Å²) >= 11 is 3.26. The molecule has 0 bridgehead atoms. The molecule has 0 saturated heterocycles. The van der Waals surface area contributed by atoms with Crippen molar-refractivity contribution >= 4 is 34.7 Å². The van der Waals surface area contributed by atoms with Crippen molar-refractivity contribution in [3.8, 4) is 0 Å². The van der Waals surface area contributed by atoms with Gasteiger partial charge in [0.25, 0.3) is 0 Å². The summed E-state index contributed by atoms with van der Waals surface area (Å²) in [5.74, 6) is 1.77. The first-order valence-electron chi connectivity index (χ1n) is 9.11. The van der Waals surface area contributed by atoms with Crippen LogP contribution in [0.3, 0.4) is 0 Å². The summed E-state index contributed by atoms with van der Waals surface area (Å²) in [7, 11) is 0. The summed E-state index contributed by atoms with van der Waals surface area (Å²) in [4.78, 5) is 26.5. The van der Waals surface area contributed by atoms with E-state index in [-0.39, 0.29) is 5.69 Å². The molecule has 0 saturated carbocycles. The zero-order chi connectivity index (χ0) is 19.2. The van der Waals surface area contributed by atoms with Gasteiger partial charge in [0, 0.05) is 11.5 Å². The van der Waals surface area contributed by atoms with Gasteiger partial charge in [-0.1, -0.05) is 72.4 Å². The van der Waals surface area contributed by atoms with Gasteiger partial charge in [0.15, 0.2) is 10.8 Å². The van der Waals surface area contributed by atoms with Crippen molar-refractivity contribution in [3.05, 3.63) is 82.3 Å². The summed E-state index contributed by atoms with van der Waals surface area (Å²) in [6.07, 6.45) is 1.90. The van der Waals surface area contributed by atoms with E-state index in [1.165, 1.54) is 11.1 Å². The first-order chi connectivity index (χ1) is 13.8. The molecule has 0 amide bonds. The maximum atomic E-state index is 11.8. The number of aryl methyl sites for hydroxylation is 2. The lowest BCUT2D eigenvalue weighted by molar-refractivity contribution is 0.919. The molecule has 142 valence electrons. The highest BCUT2D eigenvalue weighted by molar-refractivity contribution is 7.99. The fourth-order valence-corrected chi connectivity index (χ4v) is 4.72. The molecule has 2 N–H and O–H groups in total. The van der Waals surface area contributed by atoms with Crippen LogP contribution in [0.1, 0.15) is 11.1 Å². The zero-order valence-electron chi connectivity index (χ0n) is 15.2. The van der Waals surface area contributed by atoms with Crippen LogP contribution in [0.2, 0.25) is 0 Å². The Balaban J connectivity index is 1.46. The van der Waals surface area contributed by atoms with Gasteiger partial charge in [0.05, 0.1) is 0 Å². The number of H-pyrrole nitrogens is 2. The molecule has 0 aliphatic rings. The number of thioether (sulfide) groups is 2. The maximum Gasteiger partial charge on any atom is 0.325 e. The largest absolute Gasteiger partial charge is 0.325 e. The molecule has 28 heavy (non-hydrogen) atoms. The third-order valence-electron chi connectivity index (χ3n) is 4.26. The molecule has 0 atom stereocenters. The highest BCUT2D eigenvalue weighted by Crippen LogP contribution is 2.26. The molecule has 2 heterocycles. The minimum absolute atomic E-state index is 0.249. The van der Waals surface area contributed by atoms with Gasteiger partial charge in [-0.15, -0.1) is 11.8 Å². The predicted octanol–water partition coefficient (Wildman–Crippen LogP) is 4.32. The van der Waals surface area contributed by atoms with Crippen molar-refractivity contribution in [2.75, 3.05) is 11.5 Å². The third-order valence-corrected chi connectivity index (χ3v) is 6.09. The minimum atomic E-state index is -0.249. The number of imidazole rings is 1. The Morgan fingerprint density at radius 3 is 2.00 bits per heavy atom. The standard InChI is InChI=1S/C21H20N4OS2/c26-20-22-17-18(23-20)24-21(28-14-12-16-9-5-2-6-10-16)25-19(17)27-13-11-15-7-3-1-4-8-15/h1-10H,11-14H2,(H2,22,23,24,25,26). The van der Waals surface area contributed by atoms with E-state index in [1.54, 1.807) is 23.5 Å². The van der Waals surface area contributed by atoms with Crippen molar-refractivity contribution in [3.63, 3.8) is 0 Å². The lowest BCUT2D eigenvalue weighted by Gasteiger charge is -2.06. The summed E-state index contributed by atoms with van der Waals surface area (Å²) in [6, 6.07) is 20.7. The van der Waals surface area contributed by atoms with Crippen molar-refractivity contribution in [2.45, 2.75) is 23.0 Å². The van der Waals surface area contributed by atoms with Gasteiger partial charge < -0.3 is 4.98 Å². The highest BCUT2D eigenvalue weighted by atomic mass is 32.2. The van der Waals surface area contributed by atoms with Crippen LogP contribution in [-0.4, -0.2) is 31.4 Å². The Bertz CT molecular complexity index is 1090. The minimum Gasteiger partial charge on any atom is -0.302 e. The molecule has 5 nitrogen and oxygen atoms in total. The number of nitrogens with zero attached hydrogens (tertiary/aromatic N) is 2. The molecule has 7 heteroatoms. The van der Waals surface area contributed by atoms with Crippen LogP contribution >= 0.6 is 23.5 Å². The lowest BCUT2D eigenvalue weighted by Crippen LogP contribution is -1.99. The van der Waals surface area contributed by atoms with E-state index in [0.29, 0.717) is 16.3 Å². The van der Waals surface area contributed by atoms with E-state index >= 15 is 0 Å². The van der Waals surface area contributed by atoms with E-state index in [4.69, 9.17) is 4.98 Å². The number of hydrogen-bond donors (Lipinski definition) is 2. The van der Waals surface area contributed by atoms with E-state index in [9.17, 15) is 4.79 Å². The Morgan fingerprint density at radius 1 is 0.750 bits per heavy atom. The topological polar surface area (TPSA) is 74.4 Å². The number of nitrogens with one attached hydrogen (secondary N) is 2. The Morgan fingerprint density at radius 2 is 1.36 bits per heavy atom. The zero-order valence-corrected chi connectivity index (χ0v) is 16.9. The first-order valence-corrected chi connectivity index (χ1v) is 11.1. The van der Waals surface area contributed by atoms with Gasteiger partial charge in [-0.3, -0.25) is 4.98 Å². The van der Waals surface area contributed by atoms with E-state index < -0.39 is 0 Å². The van der Waals surface area contributed by atoms with Crippen LogP contribution in [0, 0.1) is 0 Å². The average Bonchev–Trinajstić information content (AvgIpc) is 3.10. The van der Waals surface area contributed by atoms with Gasteiger partial charge in [0.2, 0.25) is 0 Å². The number of aromatic amines is 2. The van der Waals surface area contributed by atoms with Gasteiger partial charge >= 0.3 is 5.69 Å². The molecule has 0 fully saturated rings. The number of fused-ring (bicyclic) bond motifs is 1. The highest BCUT2D eigenvalue weighted by Gasteiger charge is 2.12. The molecule has 2 aromatic carbocycles. The molecule has 0 spiro atoms. The molecule has 2 aromatic heterocycles. The van der Waals surface area contributed by atoms with E-state index in [1.807, 2.05) is 24.3 Å². The lowest BCUT2D eigenvalue weighted by atomic mass is 10.2. The summed E-state index contributed by atoms with van der Waals surface area (Å²) in [5, 5.41) is 1.52. The first kappa shape index (κ1) is 18.8. The number of benzene rings is 2. The van der Waals surface area contributed by atoms with Crippen LogP contribution in [0.25, 0.3) is 11.2 Å². The van der Waals surface area contributed by atoms with E-state index in [0.717, 1.165) is 29.4 Å². The van der Waals surface area contributed by atoms with Crippen LogP contribution < -0.4 is 5.69 Å². The predicted molar refractivity (Wildman–Crippen MR) is 116 cm³/mol. The molecule has 4 rings (SSSR count). The van der Waals surface area contributed by atoms with Gasteiger partial charge in [0.1, 0.15) is 10.5 Å². The van der Waals surface area contributed by atoms with Crippen LogP contribution in [-0.2, 0) is 12.8 Å². The van der Waals surface area contributed by atoms with Crippen LogP contribution in [0.15, 0.2) is 75.6 Å². The monoisotopic (exact) mass is 408 g/mol. The van der Waals surface area contributed by atoms with Crippen LogP contribution in [0.5, 0.6) is 0 Å². The summed E-state index contributed by atoms with van der Waals surface area (Å²) in [5.41, 5.74) is 3.60. The molecule has 0 unspecified atom stereocenters. The van der Waals surface area contributed by atoms with Gasteiger partial charge in [-0.2, -0.15) is 0 Å². The Kier molecular flexibility index (Phi) is 6.14. The van der Waals surface area contributed by atoms with Gasteiger partial charge in [-0.05, 0) is 24.0 Å². The Labute approximate surface area is 171 Å². The normalized spacial score (nSPS) is 11.1. The average molecular weight is 409 g/mol. The molecule has 0 aliphatic heterocycles. The fraction of sp³-hybridized carbons (Fsp3) is 0.190. The molecular formula is C21H20N4OS2. The smallest absolute Gasteiger partial charge is 0.302 e. The summed E-state index contributed by atoms with van der Waals surface area (Å²) < 4.78 is 0. The third kappa shape index (κ3) is 4.85. The van der Waals surface area contributed by atoms with Crippen molar-refractivity contribution < 1.29 is 0 Å². The van der Waals surface area contributed by atoms with Crippen molar-refractivity contribution in [1.82, 2.24) is 19.9 Å². The van der Waals surface area contributed by atoms with Crippen LogP contribution in [0.4, 0.5) is 0 Å². The maximum absolute atomic E-state index is 11.8. The van der Waals surface area contributed by atoms with Crippen molar-refractivity contribution in [1.29, 1.82) is 0 Å². The second-order valence-corrected chi connectivity index (χ2v) is 8.43. The second kappa shape index (κ2) is 9.12. The number of aromatic nitrogens is 4. The molecule has 4 aromatic rings. The van der Waals surface area contributed by atoms with E-state index in [2.05, 4.69) is 51.4 Å². The van der Waals surface area contributed by atoms with Gasteiger partial charge in [-0.25, -0.2) is 14.8 Å². The molecule has 0 aliphatic carbocycles. The SMILES string of the molecule is O=c1[nH]c2nc(SCCc3ccccc3)nc(SCCc3ccccc3)c2[nH]1. The number of hydrogen-bond acceptors (Lipinski definition) is 5. The second-order valence-electron chi connectivity index (χ2n) is 6.28. The molecule has 0 radical (unpaired) electrons. The quantitative estimate of drug-likeness (QED) is 0.258. The summed E-state index contributed by atoms with van der Waals surface area (Å²) in [6.45, 7) is 0.